The molecule has 2 aromatic rings. The summed E-state index contributed by atoms with van der Waals surface area (Å²) in [5, 5.41) is 14.7. The summed E-state index contributed by atoms with van der Waals surface area (Å²) < 4.78 is 34.1. The summed E-state index contributed by atoms with van der Waals surface area (Å²) in [7, 11) is -4.04. The minimum Gasteiger partial charge on any atom is -0.494 e. The van der Waals surface area contributed by atoms with Crippen molar-refractivity contribution in [2.75, 3.05) is 17.7 Å². The molecule has 12 heteroatoms. The van der Waals surface area contributed by atoms with Gasteiger partial charge in [-0.3, -0.25) is 14.4 Å². The molecule has 2 bridgehead atoms. The average molecular weight is 564 g/mol. The third kappa shape index (κ3) is 6.08. The van der Waals surface area contributed by atoms with Gasteiger partial charge >= 0.3 is 5.97 Å². The number of amides is 1. The molecule has 1 aromatic carbocycles. The number of carbonyl (C=O) groups excluding carboxylic acids is 2. The second-order valence-corrected chi connectivity index (χ2v) is 13.3. The quantitative estimate of drug-likeness (QED) is 0.314. The Balaban J connectivity index is 1.28. The SMILES string of the molecule is CC1(C)C2CCC1(CS(=O)(=O)N[C@@H](Cc1ccc(OCCCC(=O)Nc3nccs3)cc1)C(=O)O)C(=O)C2. The molecule has 0 spiro atoms. The van der Waals surface area contributed by atoms with Gasteiger partial charge in [0.1, 0.15) is 17.6 Å². The summed E-state index contributed by atoms with van der Waals surface area (Å²) in [6.45, 7) is 4.21. The van der Waals surface area contributed by atoms with Crippen LogP contribution in [0.3, 0.4) is 0 Å². The molecule has 1 heterocycles. The number of carbonyl (C=O) groups is 3. The number of anilines is 1. The number of fused-ring (bicyclic) bond motifs is 2. The molecule has 2 fully saturated rings. The molecule has 0 saturated heterocycles. The molecule has 4 rings (SSSR count). The third-order valence-corrected chi connectivity index (χ3v) is 10.3. The van der Waals surface area contributed by atoms with Crippen LogP contribution >= 0.6 is 11.3 Å². The van der Waals surface area contributed by atoms with E-state index in [0.29, 0.717) is 42.3 Å². The lowest BCUT2D eigenvalue weighted by Crippen LogP contribution is -2.49. The minimum absolute atomic E-state index is 0.0354. The number of aliphatic carboxylic acids is 1. The van der Waals surface area contributed by atoms with E-state index in [9.17, 15) is 27.9 Å². The van der Waals surface area contributed by atoms with Gasteiger partial charge in [-0.15, -0.1) is 11.3 Å². The van der Waals surface area contributed by atoms with Gasteiger partial charge in [-0.05, 0) is 54.7 Å². The highest BCUT2D eigenvalue weighted by Crippen LogP contribution is 2.64. The number of ketones is 1. The van der Waals surface area contributed by atoms with Gasteiger partial charge in [-0.1, -0.05) is 26.0 Å². The smallest absolute Gasteiger partial charge is 0.322 e. The van der Waals surface area contributed by atoms with Crippen LogP contribution in [0, 0.1) is 16.7 Å². The monoisotopic (exact) mass is 563 g/mol. The van der Waals surface area contributed by atoms with Crippen molar-refractivity contribution in [2.24, 2.45) is 16.7 Å². The van der Waals surface area contributed by atoms with Gasteiger partial charge in [0.15, 0.2) is 5.13 Å². The van der Waals surface area contributed by atoms with Crippen molar-refractivity contribution in [2.45, 2.75) is 58.4 Å². The second kappa shape index (κ2) is 11.1. The van der Waals surface area contributed by atoms with Gasteiger partial charge in [0.2, 0.25) is 15.9 Å². The molecule has 206 valence electrons. The third-order valence-electron chi connectivity index (χ3n) is 8.05. The summed E-state index contributed by atoms with van der Waals surface area (Å²) >= 11 is 1.34. The molecule has 0 aliphatic heterocycles. The van der Waals surface area contributed by atoms with Crippen LogP contribution in [-0.4, -0.2) is 54.6 Å². The number of ether oxygens (including phenoxy) is 1. The van der Waals surface area contributed by atoms with E-state index in [1.54, 1.807) is 35.8 Å². The molecule has 1 aromatic heterocycles. The number of hydrogen-bond donors (Lipinski definition) is 3. The molecule has 1 amide bonds. The molecule has 2 unspecified atom stereocenters. The highest BCUT2D eigenvalue weighted by atomic mass is 32.2. The molecule has 2 saturated carbocycles. The largest absolute Gasteiger partial charge is 0.494 e. The zero-order valence-corrected chi connectivity index (χ0v) is 23.1. The maximum Gasteiger partial charge on any atom is 0.322 e. The Morgan fingerprint density at radius 2 is 2.00 bits per heavy atom. The van der Waals surface area contributed by atoms with Gasteiger partial charge in [-0.25, -0.2) is 18.1 Å². The fourth-order valence-electron chi connectivity index (χ4n) is 5.72. The number of thiazole rings is 1. The van der Waals surface area contributed by atoms with E-state index < -0.39 is 32.9 Å². The number of carboxylic acids is 1. The summed E-state index contributed by atoms with van der Waals surface area (Å²) in [6.07, 6.45) is 4.05. The van der Waals surface area contributed by atoms with Crippen molar-refractivity contribution in [1.82, 2.24) is 9.71 Å². The van der Waals surface area contributed by atoms with E-state index in [1.165, 1.54) is 11.3 Å². The van der Waals surface area contributed by atoms with Crippen molar-refractivity contribution in [3.05, 3.63) is 41.4 Å². The van der Waals surface area contributed by atoms with Crippen LogP contribution < -0.4 is 14.8 Å². The minimum atomic E-state index is -4.04. The van der Waals surface area contributed by atoms with Crippen molar-refractivity contribution >= 4 is 44.2 Å². The molecule has 10 nitrogen and oxygen atoms in total. The highest BCUT2D eigenvalue weighted by molar-refractivity contribution is 7.89. The zero-order valence-electron chi connectivity index (χ0n) is 21.4. The first-order chi connectivity index (χ1) is 17.9. The Labute approximate surface area is 226 Å². The van der Waals surface area contributed by atoms with Crippen LogP contribution in [0.25, 0.3) is 0 Å². The maximum absolute atomic E-state index is 13.1. The van der Waals surface area contributed by atoms with Crippen molar-refractivity contribution < 1.29 is 32.6 Å². The number of carboxylic acid groups (broad SMARTS) is 1. The Morgan fingerprint density at radius 1 is 1.26 bits per heavy atom. The standard InChI is InChI=1S/C26H33N3O7S2/c1-25(2)18-9-10-26(25,21(30)15-18)16-38(34,35)29-20(23(32)33)14-17-5-7-19(8-6-17)36-12-3-4-22(31)28-24-27-11-13-37-24/h5-8,11,13,18,20,29H,3-4,9-10,12,14-16H2,1-2H3,(H,32,33)(H,27,28,31)/t18?,20-,26?/m0/s1. The average Bonchev–Trinajstić information content (AvgIpc) is 3.48. The van der Waals surface area contributed by atoms with Gasteiger partial charge in [0.05, 0.1) is 12.4 Å². The van der Waals surface area contributed by atoms with Crippen molar-refractivity contribution in [1.29, 1.82) is 0 Å². The fourth-order valence-corrected chi connectivity index (χ4v) is 8.29. The number of hydrogen-bond acceptors (Lipinski definition) is 8. The Bertz CT molecular complexity index is 1280. The topological polar surface area (TPSA) is 152 Å². The number of nitrogens with zero attached hydrogens (tertiary/aromatic N) is 1. The molecule has 2 aliphatic carbocycles. The maximum atomic E-state index is 13.1. The van der Waals surface area contributed by atoms with Crippen LogP contribution in [0.1, 0.15) is 51.5 Å². The first-order valence-electron chi connectivity index (χ1n) is 12.6. The molecule has 3 N–H and O–H groups in total. The number of benzene rings is 1. The number of aromatic nitrogens is 1. The van der Waals surface area contributed by atoms with Crippen LogP contribution in [0.4, 0.5) is 5.13 Å². The highest BCUT2D eigenvalue weighted by Gasteiger charge is 2.65. The van der Waals surface area contributed by atoms with Crippen molar-refractivity contribution in [3.63, 3.8) is 0 Å². The molecule has 3 atom stereocenters. The second-order valence-electron chi connectivity index (χ2n) is 10.6. The van der Waals surface area contributed by atoms with E-state index in [-0.39, 0.29) is 36.2 Å². The predicted octanol–water partition coefficient (Wildman–Crippen LogP) is 3.25. The number of Topliss-reactive ketones (excluding diaryl/α,β-unsaturated/α-hetero) is 1. The van der Waals surface area contributed by atoms with Crippen LogP contribution in [-0.2, 0) is 30.8 Å². The lowest BCUT2D eigenvalue weighted by molar-refractivity contribution is -0.139. The Kier molecular flexibility index (Phi) is 8.24. The van der Waals surface area contributed by atoms with Gasteiger partial charge in [-0.2, -0.15) is 0 Å². The molecular formula is C26H33N3O7S2. The number of rotatable bonds is 13. The van der Waals surface area contributed by atoms with Gasteiger partial charge in [0, 0.05) is 29.8 Å². The Morgan fingerprint density at radius 3 is 2.58 bits per heavy atom. The Hall–Kier alpha value is -2.83. The fraction of sp³-hybridized carbons (Fsp3) is 0.538. The lowest BCUT2D eigenvalue weighted by atomic mass is 9.70. The van der Waals surface area contributed by atoms with Crippen LogP contribution in [0.2, 0.25) is 0 Å². The zero-order chi connectivity index (χ0) is 27.6. The summed E-state index contributed by atoms with van der Waals surface area (Å²) in [5.74, 6) is -1.13. The van der Waals surface area contributed by atoms with E-state index in [1.807, 2.05) is 13.8 Å². The van der Waals surface area contributed by atoms with Crippen molar-refractivity contribution in [3.8, 4) is 5.75 Å². The van der Waals surface area contributed by atoms with Gasteiger partial charge in [0.25, 0.3) is 0 Å². The van der Waals surface area contributed by atoms with E-state index in [2.05, 4.69) is 15.0 Å². The first kappa shape index (κ1) is 28.2. The summed E-state index contributed by atoms with van der Waals surface area (Å²) in [4.78, 5) is 40.5. The van der Waals surface area contributed by atoms with E-state index >= 15 is 0 Å². The number of nitrogens with one attached hydrogen (secondary N) is 2. The molecule has 2 aliphatic rings. The predicted molar refractivity (Wildman–Crippen MR) is 143 cm³/mol. The van der Waals surface area contributed by atoms with Crippen LogP contribution in [0.5, 0.6) is 5.75 Å². The van der Waals surface area contributed by atoms with Crippen LogP contribution in [0.15, 0.2) is 35.8 Å². The summed E-state index contributed by atoms with van der Waals surface area (Å²) in [5.41, 5.74) is -0.780. The van der Waals surface area contributed by atoms with E-state index in [0.717, 1.165) is 6.42 Å². The normalized spacial score (nSPS) is 22.8. The first-order valence-corrected chi connectivity index (χ1v) is 15.1. The molecule has 0 radical (unpaired) electrons. The lowest BCUT2D eigenvalue weighted by Gasteiger charge is -2.36. The number of sulfonamides is 1. The molecule has 38 heavy (non-hydrogen) atoms. The van der Waals surface area contributed by atoms with Gasteiger partial charge < -0.3 is 15.2 Å². The summed E-state index contributed by atoms with van der Waals surface area (Å²) in [6, 6.07) is 5.35. The van der Waals surface area contributed by atoms with E-state index in [4.69, 9.17) is 4.74 Å². The molecular weight excluding hydrogens is 530 g/mol.